The Morgan fingerprint density at radius 2 is 2.05 bits per heavy atom. The number of benzene rings is 1. The summed E-state index contributed by atoms with van der Waals surface area (Å²) in [5, 5.41) is 8.70. The van der Waals surface area contributed by atoms with Crippen LogP contribution in [0.1, 0.15) is 23.2 Å². The maximum Gasteiger partial charge on any atom is 0.179 e. The molecule has 6 heteroatoms. The van der Waals surface area contributed by atoms with Crippen LogP contribution in [-0.2, 0) is 4.74 Å². The van der Waals surface area contributed by atoms with E-state index in [4.69, 9.17) is 9.84 Å². The molecule has 1 N–H and O–H groups in total. The molecular weight excluding hydrogens is 280 g/mol. The highest BCUT2D eigenvalue weighted by Crippen LogP contribution is 2.16. The van der Waals surface area contributed by atoms with E-state index in [1.165, 1.54) is 0 Å². The summed E-state index contributed by atoms with van der Waals surface area (Å²) in [4.78, 5) is 13.9. The molecule has 116 valence electrons. The lowest BCUT2D eigenvalue weighted by Gasteiger charge is -2.31. The van der Waals surface area contributed by atoms with Crippen LogP contribution in [0.5, 0.6) is 0 Å². The predicted molar refractivity (Wildman–Crippen MR) is 73.2 cm³/mol. The van der Waals surface area contributed by atoms with Gasteiger partial charge in [-0.05, 0) is 31.0 Å². The van der Waals surface area contributed by atoms with Crippen molar-refractivity contribution in [1.82, 2.24) is 4.90 Å². The number of nitrogens with zero attached hydrogens (tertiary/aromatic N) is 1. The molecule has 1 saturated heterocycles. The Bertz CT molecular complexity index is 488. The molecule has 1 fully saturated rings. The molecule has 0 aliphatic carbocycles. The van der Waals surface area contributed by atoms with Crippen LogP contribution in [0.25, 0.3) is 0 Å². The zero-order valence-corrected chi connectivity index (χ0v) is 11.7. The number of carbonyl (C=O) groups is 1. The van der Waals surface area contributed by atoms with Crippen LogP contribution in [0.15, 0.2) is 18.2 Å². The van der Waals surface area contributed by atoms with Gasteiger partial charge < -0.3 is 9.84 Å². The van der Waals surface area contributed by atoms with Gasteiger partial charge in [0, 0.05) is 13.1 Å². The molecule has 0 unspecified atom stereocenters. The van der Waals surface area contributed by atoms with Gasteiger partial charge in [0.25, 0.3) is 0 Å². The molecule has 1 heterocycles. The van der Waals surface area contributed by atoms with Crippen molar-refractivity contribution in [1.29, 1.82) is 0 Å². The van der Waals surface area contributed by atoms with E-state index in [2.05, 4.69) is 0 Å². The van der Waals surface area contributed by atoms with Crippen LogP contribution >= 0.6 is 0 Å². The van der Waals surface area contributed by atoms with Gasteiger partial charge in [-0.2, -0.15) is 0 Å². The first kappa shape index (κ1) is 16.0. The Hall–Kier alpha value is -1.37. The van der Waals surface area contributed by atoms with Crippen molar-refractivity contribution in [3.8, 4) is 0 Å². The molecule has 1 aliphatic rings. The van der Waals surface area contributed by atoms with Crippen LogP contribution in [0.4, 0.5) is 8.78 Å². The Balaban J connectivity index is 1.85. The van der Waals surface area contributed by atoms with E-state index in [9.17, 15) is 13.6 Å². The molecule has 21 heavy (non-hydrogen) atoms. The van der Waals surface area contributed by atoms with Gasteiger partial charge in [-0.25, -0.2) is 8.78 Å². The first-order valence-electron chi connectivity index (χ1n) is 7.03. The fourth-order valence-corrected chi connectivity index (χ4v) is 2.45. The third-order valence-corrected chi connectivity index (χ3v) is 3.58. The molecule has 0 atom stereocenters. The standard InChI is InChI=1S/C15H19F2NO3/c16-11-1-2-14(17)13(9-11)15(20)10-18-5-3-12(4-6-18)21-8-7-19/h1-2,9,12,19H,3-8,10H2. The van der Waals surface area contributed by atoms with Gasteiger partial charge in [-0.3, -0.25) is 9.69 Å². The molecule has 1 aromatic carbocycles. The van der Waals surface area contributed by atoms with Crippen LogP contribution in [0.2, 0.25) is 0 Å². The Morgan fingerprint density at radius 1 is 1.33 bits per heavy atom. The summed E-state index contributed by atoms with van der Waals surface area (Å²) in [6, 6.07) is 2.91. The van der Waals surface area contributed by atoms with E-state index in [-0.39, 0.29) is 24.8 Å². The summed E-state index contributed by atoms with van der Waals surface area (Å²) < 4.78 is 32.0. The summed E-state index contributed by atoms with van der Waals surface area (Å²) in [5.74, 6) is -1.72. The van der Waals surface area contributed by atoms with E-state index in [0.29, 0.717) is 19.7 Å². The zero-order chi connectivity index (χ0) is 15.2. The van der Waals surface area contributed by atoms with Gasteiger partial charge in [-0.15, -0.1) is 0 Å². The summed E-state index contributed by atoms with van der Waals surface area (Å²) in [5.41, 5.74) is -0.200. The lowest BCUT2D eigenvalue weighted by molar-refractivity contribution is -0.00691. The number of rotatable bonds is 6. The van der Waals surface area contributed by atoms with Crippen LogP contribution in [0.3, 0.4) is 0 Å². The molecule has 0 spiro atoms. The number of piperidine rings is 1. The minimum absolute atomic E-state index is 0.00243. The Morgan fingerprint density at radius 3 is 2.71 bits per heavy atom. The molecule has 0 bridgehead atoms. The van der Waals surface area contributed by atoms with Gasteiger partial charge in [0.2, 0.25) is 0 Å². The van der Waals surface area contributed by atoms with Gasteiger partial charge >= 0.3 is 0 Å². The van der Waals surface area contributed by atoms with Crippen LogP contribution in [-0.4, -0.2) is 54.7 Å². The van der Waals surface area contributed by atoms with E-state index in [0.717, 1.165) is 31.0 Å². The fraction of sp³-hybridized carbons (Fsp3) is 0.533. The predicted octanol–water partition coefficient (Wildman–Crippen LogP) is 1.62. The number of likely N-dealkylation sites (tertiary alicyclic amines) is 1. The van der Waals surface area contributed by atoms with Crippen molar-refractivity contribution in [2.75, 3.05) is 32.8 Å². The van der Waals surface area contributed by atoms with Gasteiger partial charge in [0.1, 0.15) is 11.6 Å². The fourth-order valence-electron chi connectivity index (χ4n) is 2.45. The van der Waals surface area contributed by atoms with E-state index in [1.54, 1.807) is 0 Å². The number of hydrogen-bond donors (Lipinski definition) is 1. The number of aliphatic hydroxyl groups excluding tert-OH is 1. The molecular formula is C15H19F2NO3. The summed E-state index contributed by atoms with van der Waals surface area (Å²) in [6.45, 7) is 1.72. The maximum absolute atomic E-state index is 13.5. The second-order valence-electron chi connectivity index (χ2n) is 5.12. The minimum Gasteiger partial charge on any atom is -0.394 e. The lowest BCUT2D eigenvalue weighted by Crippen LogP contribution is -2.40. The zero-order valence-electron chi connectivity index (χ0n) is 11.7. The van der Waals surface area contributed by atoms with Crippen molar-refractivity contribution >= 4 is 5.78 Å². The van der Waals surface area contributed by atoms with Gasteiger partial charge in [0.15, 0.2) is 5.78 Å². The molecule has 4 nitrogen and oxygen atoms in total. The number of hydrogen-bond acceptors (Lipinski definition) is 4. The highest BCUT2D eigenvalue weighted by Gasteiger charge is 2.22. The average Bonchev–Trinajstić information content (AvgIpc) is 2.49. The number of aliphatic hydroxyl groups is 1. The highest BCUT2D eigenvalue weighted by molar-refractivity contribution is 5.97. The molecule has 0 radical (unpaired) electrons. The first-order chi connectivity index (χ1) is 10.1. The number of Topliss-reactive ketones (excluding diaryl/α,β-unsaturated/α-hetero) is 1. The number of carbonyl (C=O) groups excluding carboxylic acids is 1. The molecule has 0 saturated carbocycles. The quantitative estimate of drug-likeness (QED) is 0.811. The number of halogens is 2. The normalized spacial score (nSPS) is 17.1. The highest BCUT2D eigenvalue weighted by atomic mass is 19.1. The first-order valence-corrected chi connectivity index (χ1v) is 7.03. The van der Waals surface area contributed by atoms with Crippen molar-refractivity contribution in [2.24, 2.45) is 0 Å². The third kappa shape index (κ3) is 4.56. The van der Waals surface area contributed by atoms with Gasteiger partial charge in [-0.1, -0.05) is 0 Å². The smallest absolute Gasteiger partial charge is 0.179 e. The minimum atomic E-state index is -0.692. The van der Waals surface area contributed by atoms with Gasteiger partial charge in [0.05, 0.1) is 31.4 Å². The molecule has 0 aromatic heterocycles. The topological polar surface area (TPSA) is 49.8 Å². The largest absolute Gasteiger partial charge is 0.394 e. The van der Waals surface area contributed by atoms with E-state index >= 15 is 0 Å². The van der Waals surface area contributed by atoms with Crippen molar-refractivity contribution in [3.05, 3.63) is 35.4 Å². The van der Waals surface area contributed by atoms with Crippen molar-refractivity contribution in [2.45, 2.75) is 18.9 Å². The Kier molecular flexibility index (Phi) is 5.78. The second-order valence-corrected chi connectivity index (χ2v) is 5.12. The number of ether oxygens (including phenoxy) is 1. The SMILES string of the molecule is O=C(CN1CCC(OCCO)CC1)c1cc(F)ccc1F. The van der Waals surface area contributed by atoms with Crippen LogP contribution < -0.4 is 0 Å². The molecule has 1 aliphatic heterocycles. The summed E-state index contributed by atoms with van der Waals surface area (Å²) in [7, 11) is 0. The maximum atomic E-state index is 13.5. The summed E-state index contributed by atoms with van der Waals surface area (Å²) in [6.07, 6.45) is 1.62. The van der Waals surface area contributed by atoms with Crippen molar-refractivity contribution in [3.63, 3.8) is 0 Å². The molecule has 1 aromatic rings. The average molecular weight is 299 g/mol. The Labute approximate surface area is 122 Å². The van der Waals surface area contributed by atoms with E-state index in [1.807, 2.05) is 4.90 Å². The van der Waals surface area contributed by atoms with Crippen molar-refractivity contribution < 1.29 is 23.4 Å². The summed E-state index contributed by atoms with van der Waals surface area (Å²) >= 11 is 0. The number of ketones is 1. The van der Waals surface area contributed by atoms with Crippen LogP contribution in [0, 0.1) is 11.6 Å². The van der Waals surface area contributed by atoms with E-state index < -0.39 is 17.4 Å². The second kappa shape index (κ2) is 7.59. The molecule has 0 amide bonds. The monoisotopic (exact) mass is 299 g/mol. The molecule has 2 rings (SSSR count). The third-order valence-electron chi connectivity index (χ3n) is 3.58. The lowest BCUT2D eigenvalue weighted by atomic mass is 10.1.